The van der Waals surface area contributed by atoms with Crippen molar-refractivity contribution < 1.29 is 19.3 Å². The van der Waals surface area contributed by atoms with Crippen molar-refractivity contribution in [3.8, 4) is 11.5 Å². The zero-order valence-corrected chi connectivity index (χ0v) is 12.3. The minimum absolute atomic E-state index is 0.272. The summed E-state index contributed by atoms with van der Waals surface area (Å²) in [6.45, 7) is 4.11. The Kier molecular flexibility index (Phi) is 4.82. The molecule has 4 nitrogen and oxygen atoms in total. The Morgan fingerprint density at radius 3 is 2.38 bits per heavy atom. The molecule has 0 bridgehead atoms. The molecule has 0 atom stereocenters. The SMILES string of the molecule is COc1ccc(OOC(=O)c2ccccc2)cc1C(C)C. The molecule has 0 saturated heterocycles. The van der Waals surface area contributed by atoms with Gasteiger partial charge in [0.2, 0.25) is 0 Å². The summed E-state index contributed by atoms with van der Waals surface area (Å²) in [4.78, 5) is 21.7. The zero-order chi connectivity index (χ0) is 15.2. The lowest BCUT2D eigenvalue weighted by Gasteiger charge is -2.13. The summed E-state index contributed by atoms with van der Waals surface area (Å²) in [6, 6.07) is 14.0. The van der Waals surface area contributed by atoms with Crippen molar-refractivity contribution in [1.82, 2.24) is 0 Å². The number of benzene rings is 2. The van der Waals surface area contributed by atoms with E-state index in [1.807, 2.05) is 12.1 Å². The van der Waals surface area contributed by atoms with Gasteiger partial charge in [-0.1, -0.05) is 32.0 Å². The quantitative estimate of drug-likeness (QED) is 0.616. The fraction of sp³-hybridized carbons (Fsp3) is 0.235. The normalized spacial score (nSPS) is 10.3. The molecule has 2 aromatic rings. The van der Waals surface area contributed by atoms with Gasteiger partial charge in [0.05, 0.1) is 12.7 Å². The van der Waals surface area contributed by atoms with Crippen LogP contribution in [-0.2, 0) is 4.89 Å². The third-order valence-electron chi connectivity index (χ3n) is 3.05. The summed E-state index contributed by atoms with van der Waals surface area (Å²) in [6.07, 6.45) is 0. The van der Waals surface area contributed by atoms with E-state index in [-0.39, 0.29) is 5.92 Å². The second-order valence-electron chi connectivity index (χ2n) is 4.88. The van der Waals surface area contributed by atoms with Crippen molar-refractivity contribution in [2.75, 3.05) is 7.11 Å². The second-order valence-corrected chi connectivity index (χ2v) is 4.88. The monoisotopic (exact) mass is 286 g/mol. The maximum Gasteiger partial charge on any atom is 0.386 e. The van der Waals surface area contributed by atoms with Crippen molar-refractivity contribution in [2.45, 2.75) is 19.8 Å². The number of hydrogen-bond donors (Lipinski definition) is 0. The molecule has 0 radical (unpaired) electrons. The Hall–Kier alpha value is -2.49. The van der Waals surface area contributed by atoms with E-state index in [1.54, 1.807) is 43.5 Å². The van der Waals surface area contributed by atoms with E-state index in [0.29, 0.717) is 11.3 Å². The van der Waals surface area contributed by atoms with Crippen molar-refractivity contribution in [3.05, 3.63) is 59.7 Å². The lowest BCUT2D eigenvalue weighted by atomic mass is 10.0. The highest BCUT2D eigenvalue weighted by atomic mass is 17.2. The van der Waals surface area contributed by atoms with Crippen LogP contribution in [0.25, 0.3) is 0 Å². The highest BCUT2D eigenvalue weighted by Gasteiger charge is 2.12. The number of hydrogen-bond acceptors (Lipinski definition) is 4. The van der Waals surface area contributed by atoms with Gasteiger partial charge in [-0.25, -0.2) is 9.68 Å². The van der Waals surface area contributed by atoms with Gasteiger partial charge in [0.25, 0.3) is 0 Å². The number of methoxy groups -OCH3 is 1. The molecule has 2 rings (SSSR count). The first-order valence-corrected chi connectivity index (χ1v) is 6.73. The third kappa shape index (κ3) is 3.75. The molecular formula is C17H18O4. The van der Waals surface area contributed by atoms with Gasteiger partial charge in [-0.15, -0.1) is 0 Å². The Morgan fingerprint density at radius 2 is 1.76 bits per heavy atom. The Balaban J connectivity index is 2.07. The predicted octanol–water partition coefficient (Wildman–Crippen LogP) is 3.97. The maximum atomic E-state index is 11.8. The van der Waals surface area contributed by atoms with E-state index in [1.165, 1.54) is 0 Å². The van der Waals surface area contributed by atoms with Crippen LogP contribution in [0.1, 0.15) is 35.7 Å². The summed E-state index contributed by atoms with van der Waals surface area (Å²) in [5.41, 5.74) is 1.43. The minimum atomic E-state index is -0.530. The number of ether oxygens (including phenoxy) is 1. The Labute approximate surface area is 124 Å². The fourth-order valence-corrected chi connectivity index (χ4v) is 1.92. The molecule has 0 aromatic heterocycles. The van der Waals surface area contributed by atoms with Gasteiger partial charge in [0.15, 0.2) is 5.75 Å². The molecule has 0 saturated carbocycles. The van der Waals surface area contributed by atoms with Crippen molar-refractivity contribution in [1.29, 1.82) is 0 Å². The van der Waals surface area contributed by atoms with Gasteiger partial charge < -0.3 is 4.74 Å². The van der Waals surface area contributed by atoms with Gasteiger partial charge in [-0.2, -0.15) is 0 Å². The maximum absolute atomic E-state index is 11.8. The van der Waals surface area contributed by atoms with Crippen LogP contribution >= 0.6 is 0 Å². The average Bonchev–Trinajstić information content (AvgIpc) is 2.53. The smallest absolute Gasteiger partial charge is 0.386 e. The van der Waals surface area contributed by atoms with Crippen LogP contribution in [-0.4, -0.2) is 13.1 Å². The summed E-state index contributed by atoms with van der Waals surface area (Å²) < 4.78 is 5.29. The fourth-order valence-electron chi connectivity index (χ4n) is 1.92. The minimum Gasteiger partial charge on any atom is -0.496 e. The van der Waals surface area contributed by atoms with Crippen LogP contribution in [0, 0.1) is 0 Å². The molecule has 0 aliphatic rings. The number of carbonyl (C=O) groups is 1. The van der Waals surface area contributed by atoms with Gasteiger partial charge in [0, 0.05) is 5.56 Å². The predicted molar refractivity (Wildman–Crippen MR) is 79.6 cm³/mol. The van der Waals surface area contributed by atoms with Crippen LogP contribution in [0.5, 0.6) is 11.5 Å². The molecule has 0 fully saturated rings. The standard InChI is InChI=1S/C17H18O4/c1-12(2)15-11-14(9-10-16(15)19-3)20-21-17(18)13-7-5-4-6-8-13/h4-12H,1-3H3. The zero-order valence-electron chi connectivity index (χ0n) is 12.3. The van der Waals surface area contributed by atoms with Crippen LogP contribution in [0.3, 0.4) is 0 Å². The molecule has 0 aliphatic carbocycles. The highest BCUT2D eigenvalue weighted by molar-refractivity contribution is 5.88. The molecule has 2 aromatic carbocycles. The first kappa shape index (κ1) is 14.9. The molecule has 21 heavy (non-hydrogen) atoms. The summed E-state index contributed by atoms with van der Waals surface area (Å²) in [7, 11) is 1.62. The topological polar surface area (TPSA) is 44.8 Å². The molecule has 0 unspecified atom stereocenters. The van der Waals surface area contributed by atoms with Crippen molar-refractivity contribution in [2.24, 2.45) is 0 Å². The number of rotatable bonds is 5. The van der Waals surface area contributed by atoms with Crippen molar-refractivity contribution >= 4 is 5.97 Å². The Bertz CT molecular complexity index is 605. The van der Waals surface area contributed by atoms with Crippen LogP contribution in [0.2, 0.25) is 0 Å². The van der Waals surface area contributed by atoms with E-state index < -0.39 is 5.97 Å². The largest absolute Gasteiger partial charge is 0.496 e. The Morgan fingerprint density at radius 1 is 1.05 bits per heavy atom. The lowest BCUT2D eigenvalue weighted by Crippen LogP contribution is -2.08. The molecule has 110 valence electrons. The molecule has 0 amide bonds. The van der Waals surface area contributed by atoms with Crippen LogP contribution < -0.4 is 9.62 Å². The van der Waals surface area contributed by atoms with Crippen molar-refractivity contribution in [3.63, 3.8) is 0 Å². The van der Waals surface area contributed by atoms with Crippen LogP contribution in [0.15, 0.2) is 48.5 Å². The second kappa shape index (κ2) is 6.79. The highest BCUT2D eigenvalue weighted by Crippen LogP contribution is 2.30. The third-order valence-corrected chi connectivity index (χ3v) is 3.05. The first-order valence-electron chi connectivity index (χ1n) is 6.73. The first-order chi connectivity index (χ1) is 10.1. The summed E-state index contributed by atoms with van der Waals surface area (Å²) in [5.74, 6) is 0.987. The lowest BCUT2D eigenvalue weighted by molar-refractivity contribution is -0.149. The summed E-state index contributed by atoms with van der Waals surface area (Å²) in [5, 5.41) is 0. The van der Waals surface area contributed by atoms with Gasteiger partial charge in [-0.05, 0) is 36.2 Å². The molecular weight excluding hydrogens is 268 g/mol. The number of carbonyl (C=O) groups excluding carboxylic acids is 1. The molecule has 0 N–H and O–H groups in total. The molecule has 0 spiro atoms. The molecule has 0 aliphatic heterocycles. The van der Waals surface area contributed by atoms with Crippen LogP contribution in [0.4, 0.5) is 0 Å². The van der Waals surface area contributed by atoms with E-state index in [9.17, 15) is 4.79 Å². The molecule has 4 heteroatoms. The average molecular weight is 286 g/mol. The van der Waals surface area contributed by atoms with E-state index in [2.05, 4.69) is 13.8 Å². The van der Waals surface area contributed by atoms with E-state index >= 15 is 0 Å². The molecule has 0 heterocycles. The summed E-state index contributed by atoms with van der Waals surface area (Å²) >= 11 is 0. The van der Waals surface area contributed by atoms with Gasteiger partial charge in [0.1, 0.15) is 5.75 Å². The van der Waals surface area contributed by atoms with E-state index in [0.717, 1.165) is 11.3 Å². The van der Waals surface area contributed by atoms with Gasteiger partial charge in [-0.3, -0.25) is 4.89 Å². The van der Waals surface area contributed by atoms with E-state index in [4.69, 9.17) is 14.5 Å². The van der Waals surface area contributed by atoms with Gasteiger partial charge >= 0.3 is 5.97 Å².